The molecule has 4 heteroatoms. The van der Waals surface area contributed by atoms with Crippen molar-refractivity contribution in [2.24, 2.45) is 11.6 Å². The van der Waals surface area contributed by atoms with Crippen LogP contribution < -0.4 is 11.6 Å². The highest BCUT2D eigenvalue weighted by atomic mass is 16.6. The van der Waals surface area contributed by atoms with Gasteiger partial charge in [-0.1, -0.05) is 6.92 Å². The van der Waals surface area contributed by atoms with Gasteiger partial charge in [0.1, 0.15) is 0 Å². The summed E-state index contributed by atoms with van der Waals surface area (Å²) in [5.74, 6) is 4.44. The summed E-state index contributed by atoms with van der Waals surface area (Å²) in [5.41, 5.74) is 4.87. The van der Waals surface area contributed by atoms with Crippen LogP contribution >= 0.6 is 0 Å². The van der Waals surface area contributed by atoms with Crippen LogP contribution in [0.5, 0.6) is 0 Å². The highest BCUT2D eigenvalue weighted by Crippen LogP contribution is 1.98. The van der Waals surface area contributed by atoms with Gasteiger partial charge >= 0.3 is 0 Å². The van der Waals surface area contributed by atoms with Crippen molar-refractivity contribution in [1.82, 2.24) is 0 Å². The standard InChI is InChI=1S/C5H12N2O2/c1-2-4(9-7)3-5(6)8/h4H,2-3,7H2,1H3,(H2,6,8). The molecule has 0 radical (unpaired) electrons. The molecule has 1 amide bonds. The molecule has 0 spiro atoms. The molecule has 0 aliphatic carbocycles. The van der Waals surface area contributed by atoms with Crippen LogP contribution in [0.2, 0.25) is 0 Å². The van der Waals surface area contributed by atoms with E-state index < -0.39 is 0 Å². The Labute approximate surface area is 54.1 Å². The number of carbonyl (C=O) groups is 1. The quantitative estimate of drug-likeness (QED) is 0.507. The molecule has 1 atom stereocenters. The van der Waals surface area contributed by atoms with Gasteiger partial charge in [0, 0.05) is 0 Å². The van der Waals surface area contributed by atoms with E-state index in [1.54, 1.807) is 0 Å². The Kier molecular flexibility index (Phi) is 4.00. The maximum atomic E-state index is 10.2. The molecule has 0 aliphatic rings. The number of hydrogen-bond donors (Lipinski definition) is 2. The second-order valence-corrected chi connectivity index (χ2v) is 1.84. The van der Waals surface area contributed by atoms with E-state index >= 15 is 0 Å². The van der Waals surface area contributed by atoms with E-state index in [0.29, 0.717) is 6.42 Å². The van der Waals surface area contributed by atoms with Crippen molar-refractivity contribution in [2.45, 2.75) is 25.9 Å². The molecule has 0 aromatic heterocycles. The van der Waals surface area contributed by atoms with Crippen LogP contribution in [-0.2, 0) is 9.63 Å². The molecule has 4 N–H and O–H groups in total. The third-order valence-corrected chi connectivity index (χ3v) is 1.08. The van der Waals surface area contributed by atoms with Crippen molar-refractivity contribution >= 4 is 5.91 Å². The topological polar surface area (TPSA) is 78.3 Å². The van der Waals surface area contributed by atoms with Gasteiger partial charge in [0.2, 0.25) is 5.91 Å². The van der Waals surface area contributed by atoms with Crippen molar-refractivity contribution in [3.05, 3.63) is 0 Å². The van der Waals surface area contributed by atoms with E-state index in [1.165, 1.54) is 0 Å². The van der Waals surface area contributed by atoms with Gasteiger partial charge in [0.05, 0.1) is 12.5 Å². The van der Waals surface area contributed by atoms with Crippen LogP contribution in [0.25, 0.3) is 0 Å². The molecular weight excluding hydrogens is 120 g/mol. The number of primary amides is 1. The lowest BCUT2D eigenvalue weighted by Gasteiger charge is -2.07. The first kappa shape index (κ1) is 8.39. The zero-order valence-electron chi connectivity index (χ0n) is 5.46. The summed E-state index contributed by atoms with van der Waals surface area (Å²) in [6.07, 6.45) is 0.689. The average Bonchev–Trinajstić information content (AvgIpc) is 1.82. The fourth-order valence-electron chi connectivity index (χ4n) is 0.513. The van der Waals surface area contributed by atoms with Gasteiger partial charge in [-0.3, -0.25) is 4.79 Å². The lowest BCUT2D eigenvalue weighted by molar-refractivity contribution is -0.121. The Balaban J connectivity index is 3.43. The Morgan fingerprint density at radius 2 is 2.33 bits per heavy atom. The summed E-state index contributed by atoms with van der Waals surface area (Å²) in [5, 5.41) is 0. The van der Waals surface area contributed by atoms with E-state index in [9.17, 15) is 4.79 Å². The monoisotopic (exact) mass is 132 g/mol. The summed E-state index contributed by atoms with van der Waals surface area (Å²) in [6.45, 7) is 1.88. The molecule has 0 heterocycles. The Bertz CT molecular complexity index is 91.0. The lowest BCUT2D eigenvalue weighted by atomic mass is 10.2. The summed E-state index contributed by atoms with van der Waals surface area (Å²) >= 11 is 0. The Morgan fingerprint density at radius 1 is 1.78 bits per heavy atom. The molecule has 0 aromatic carbocycles. The molecule has 0 saturated heterocycles. The van der Waals surface area contributed by atoms with Crippen LogP contribution in [0, 0.1) is 0 Å². The molecule has 0 rings (SSSR count). The van der Waals surface area contributed by atoms with Crippen molar-refractivity contribution in [2.75, 3.05) is 0 Å². The predicted octanol–water partition coefficient (Wildman–Crippen LogP) is -0.469. The van der Waals surface area contributed by atoms with Gasteiger partial charge in [-0.2, -0.15) is 0 Å². The minimum atomic E-state index is -0.382. The summed E-state index contributed by atoms with van der Waals surface area (Å²) in [6, 6.07) is 0. The van der Waals surface area contributed by atoms with E-state index in [4.69, 9.17) is 11.6 Å². The van der Waals surface area contributed by atoms with E-state index in [0.717, 1.165) is 0 Å². The predicted molar refractivity (Wildman–Crippen MR) is 33.2 cm³/mol. The molecule has 4 nitrogen and oxygen atoms in total. The summed E-state index contributed by atoms with van der Waals surface area (Å²) in [7, 11) is 0. The number of rotatable bonds is 4. The zero-order chi connectivity index (χ0) is 7.28. The highest BCUT2D eigenvalue weighted by molar-refractivity contribution is 5.74. The molecular formula is C5H12N2O2. The third kappa shape index (κ3) is 3.93. The zero-order valence-corrected chi connectivity index (χ0v) is 5.46. The van der Waals surface area contributed by atoms with Crippen molar-refractivity contribution in [3.8, 4) is 0 Å². The van der Waals surface area contributed by atoms with E-state index in [2.05, 4.69) is 4.84 Å². The number of nitrogens with two attached hydrogens (primary N) is 2. The first-order valence-corrected chi connectivity index (χ1v) is 2.84. The fraction of sp³-hybridized carbons (Fsp3) is 0.800. The minimum absolute atomic E-state index is 0.201. The average molecular weight is 132 g/mol. The first-order chi connectivity index (χ1) is 4.20. The molecule has 0 fully saturated rings. The molecule has 9 heavy (non-hydrogen) atoms. The molecule has 0 saturated carbocycles. The molecule has 54 valence electrons. The van der Waals surface area contributed by atoms with Crippen LogP contribution in [-0.4, -0.2) is 12.0 Å². The summed E-state index contributed by atoms with van der Waals surface area (Å²) in [4.78, 5) is 14.6. The van der Waals surface area contributed by atoms with Gasteiger partial charge in [0.15, 0.2) is 0 Å². The smallest absolute Gasteiger partial charge is 0.220 e. The van der Waals surface area contributed by atoms with Gasteiger partial charge in [-0.05, 0) is 6.42 Å². The van der Waals surface area contributed by atoms with Gasteiger partial charge in [-0.15, -0.1) is 0 Å². The maximum absolute atomic E-state index is 10.2. The third-order valence-electron chi connectivity index (χ3n) is 1.08. The van der Waals surface area contributed by atoms with Gasteiger partial charge in [0.25, 0.3) is 0 Å². The Morgan fingerprint density at radius 3 is 2.44 bits per heavy atom. The molecule has 0 aromatic rings. The van der Waals surface area contributed by atoms with Crippen LogP contribution in [0.4, 0.5) is 0 Å². The van der Waals surface area contributed by atoms with Crippen LogP contribution in [0.15, 0.2) is 0 Å². The van der Waals surface area contributed by atoms with Crippen molar-refractivity contribution < 1.29 is 9.63 Å². The summed E-state index contributed by atoms with van der Waals surface area (Å²) < 4.78 is 0. The maximum Gasteiger partial charge on any atom is 0.220 e. The van der Waals surface area contributed by atoms with Crippen molar-refractivity contribution in [3.63, 3.8) is 0 Å². The van der Waals surface area contributed by atoms with Crippen LogP contribution in [0.1, 0.15) is 19.8 Å². The van der Waals surface area contributed by atoms with Crippen molar-refractivity contribution in [1.29, 1.82) is 0 Å². The fourth-order valence-corrected chi connectivity index (χ4v) is 0.513. The first-order valence-electron chi connectivity index (χ1n) is 2.84. The van der Waals surface area contributed by atoms with E-state index in [-0.39, 0.29) is 18.4 Å². The van der Waals surface area contributed by atoms with Gasteiger partial charge < -0.3 is 10.6 Å². The van der Waals surface area contributed by atoms with E-state index in [1.807, 2.05) is 6.92 Å². The highest BCUT2D eigenvalue weighted by Gasteiger charge is 2.07. The number of hydrogen-bond acceptors (Lipinski definition) is 3. The normalized spacial score (nSPS) is 13.1. The molecule has 0 bridgehead atoms. The van der Waals surface area contributed by atoms with Gasteiger partial charge in [-0.25, -0.2) is 5.90 Å². The van der Waals surface area contributed by atoms with Crippen LogP contribution in [0.3, 0.4) is 0 Å². The SMILES string of the molecule is CCC(CC(N)=O)ON. The number of carbonyl (C=O) groups excluding carboxylic acids is 1. The second-order valence-electron chi connectivity index (χ2n) is 1.84. The molecule has 1 unspecified atom stereocenters. The lowest BCUT2D eigenvalue weighted by Crippen LogP contribution is -2.24. The largest absolute Gasteiger partial charge is 0.370 e. The molecule has 0 aliphatic heterocycles. The number of amides is 1. The minimum Gasteiger partial charge on any atom is -0.370 e. The Hall–Kier alpha value is -0.610. The second kappa shape index (κ2) is 4.29.